The first-order valence-corrected chi connectivity index (χ1v) is 12.1. The summed E-state index contributed by atoms with van der Waals surface area (Å²) in [7, 11) is 1.19. The maximum absolute atomic E-state index is 13.3. The molecule has 178 valence electrons. The molecular formula is C18H22I3N3O8. The molecule has 11 nitrogen and oxygen atoms in total. The van der Waals surface area contributed by atoms with Crippen molar-refractivity contribution >= 4 is 91.2 Å². The molecule has 0 bridgehead atoms. The number of hydrogen-bond donors (Lipinski definition) is 6. The fraction of sp³-hybridized carbons (Fsp3) is 0.444. The summed E-state index contributed by atoms with van der Waals surface area (Å²) < 4.78 is 1.69. The van der Waals surface area contributed by atoms with Gasteiger partial charge in [-0.15, -0.1) is 0 Å². The number of Topliss-reactive ketones (excluding diaryl/α,β-unsaturated/α-hetero) is 2. The number of hydrogen-bond acceptors (Lipinski definition) is 9. The predicted octanol–water partition coefficient (Wildman–Crippen LogP) is -0.857. The Hall–Kier alpha value is -0.510. The van der Waals surface area contributed by atoms with Gasteiger partial charge in [-0.05, 0) is 79.9 Å². The van der Waals surface area contributed by atoms with Crippen molar-refractivity contribution in [1.29, 1.82) is 0 Å². The average Bonchev–Trinajstić information content (AvgIpc) is 2.68. The van der Waals surface area contributed by atoms with E-state index in [0.29, 0.717) is 7.14 Å². The number of benzene rings is 1. The molecule has 6 N–H and O–H groups in total. The highest BCUT2D eigenvalue weighted by Crippen LogP contribution is 2.26. The molecule has 0 aliphatic heterocycles. The smallest absolute Gasteiger partial charge is 0.233 e. The van der Waals surface area contributed by atoms with E-state index in [4.69, 9.17) is 0 Å². The van der Waals surface area contributed by atoms with Gasteiger partial charge in [-0.2, -0.15) is 0 Å². The number of nitrogens with one attached hydrogen (secondary N) is 2. The molecule has 1 aromatic carbocycles. The molecule has 0 saturated heterocycles. The van der Waals surface area contributed by atoms with Gasteiger partial charge in [-0.1, -0.05) is 0 Å². The van der Waals surface area contributed by atoms with Crippen LogP contribution >= 0.6 is 67.8 Å². The number of carbonyl (C=O) groups is 4. The average molecular weight is 789 g/mol. The largest absolute Gasteiger partial charge is 0.394 e. The van der Waals surface area contributed by atoms with Crippen molar-refractivity contribution in [3.8, 4) is 0 Å². The minimum absolute atomic E-state index is 0.0243. The van der Waals surface area contributed by atoms with Crippen molar-refractivity contribution < 1.29 is 39.6 Å². The first-order chi connectivity index (χ1) is 14.7. The topological polar surface area (TPSA) is 176 Å². The van der Waals surface area contributed by atoms with Gasteiger partial charge < -0.3 is 25.7 Å². The Labute approximate surface area is 224 Å². The number of hydrazine groups is 1. The molecule has 14 heteroatoms. The Kier molecular flexibility index (Phi) is 11.3. The van der Waals surface area contributed by atoms with E-state index in [1.165, 1.54) is 7.05 Å². The molecule has 1 aromatic rings. The van der Waals surface area contributed by atoms with E-state index in [9.17, 15) is 39.6 Å². The van der Waals surface area contributed by atoms with Crippen LogP contribution in [0, 0.1) is 10.7 Å². The van der Waals surface area contributed by atoms with Crippen LogP contribution in [-0.4, -0.2) is 86.4 Å². The molecule has 0 aliphatic rings. The second kappa shape index (κ2) is 12.3. The summed E-state index contributed by atoms with van der Waals surface area (Å²) in [6.07, 6.45) is -4.32. The Morgan fingerprint density at radius 3 is 2.00 bits per heavy atom. The zero-order valence-electron chi connectivity index (χ0n) is 17.1. The van der Waals surface area contributed by atoms with Crippen molar-refractivity contribution in [2.45, 2.75) is 37.8 Å². The van der Waals surface area contributed by atoms with Gasteiger partial charge >= 0.3 is 0 Å². The lowest BCUT2D eigenvalue weighted by Gasteiger charge is -2.41. The lowest BCUT2D eigenvalue weighted by Crippen LogP contribution is -2.74. The van der Waals surface area contributed by atoms with E-state index in [-0.39, 0.29) is 5.56 Å². The fourth-order valence-electron chi connectivity index (χ4n) is 2.65. The van der Waals surface area contributed by atoms with E-state index < -0.39 is 54.0 Å². The summed E-state index contributed by atoms with van der Waals surface area (Å²) in [5.41, 5.74) is -0.645. The van der Waals surface area contributed by atoms with E-state index in [2.05, 4.69) is 5.43 Å². The van der Waals surface area contributed by atoms with Gasteiger partial charge in [0.05, 0.1) is 12.2 Å². The molecule has 0 spiro atoms. The molecule has 1 rings (SSSR count). The molecule has 32 heavy (non-hydrogen) atoms. The predicted molar refractivity (Wildman–Crippen MR) is 137 cm³/mol. The number of aliphatic hydroxyl groups is 4. The van der Waals surface area contributed by atoms with Crippen LogP contribution < -0.4 is 10.7 Å². The van der Waals surface area contributed by atoms with Crippen LogP contribution in [0.2, 0.25) is 0 Å². The van der Waals surface area contributed by atoms with Crippen LogP contribution in [0.4, 0.5) is 0 Å². The van der Waals surface area contributed by atoms with Crippen molar-refractivity contribution in [1.82, 2.24) is 15.8 Å². The second-order valence-corrected chi connectivity index (χ2v) is 10.3. The van der Waals surface area contributed by atoms with Gasteiger partial charge in [0.25, 0.3) is 0 Å². The number of ketones is 2. The summed E-state index contributed by atoms with van der Waals surface area (Å²) in [5.74, 6) is -3.93. The summed E-state index contributed by atoms with van der Waals surface area (Å²) in [6.45, 7) is 1.05. The maximum Gasteiger partial charge on any atom is 0.233 e. The van der Waals surface area contributed by atoms with Crippen LogP contribution in [0.3, 0.4) is 0 Å². The Morgan fingerprint density at radius 1 is 1.09 bits per heavy atom. The van der Waals surface area contributed by atoms with Gasteiger partial charge in [0.2, 0.25) is 23.4 Å². The molecule has 4 atom stereocenters. The zero-order chi connectivity index (χ0) is 25.0. The SMILES string of the molecule is CC(=O)N[C@](O)([C@H](O)[C@H](O)CO)[C@@H](NN(C)C(C)=O)C(=O)C(=O)c1c(I)cc(I)cc1I. The summed E-state index contributed by atoms with van der Waals surface area (Å²) in [5, 5.41) is 43.5. The maximum atomic E-state index is 13.3. The minimum Gasteiger partial charge on any atom is -0.394 e. The number of halogens is 3. The monoisotopic (exact) mass is 789 g/mol. The van der Waals surface area contributed by atoms with Crippen LogP contribution in [0.5, 0.6) is 0 Å². The Bertz CT molecular complexity index is 892. The normalized spacial score (nSPS) is 15.8. The Morgan fingerprint density at radius 2 is 1.59 bits per heavy atom. The third kappa shape index (κ3) is 7.00. The van der Waals surface area contributed by atoms with Crippen molar-refractivity contribution in [3.63, 3.8) is 0 Å². The van der Waals surface area contributed by atoms with Crippen molar-refractivity contribution in [2.24, 2.45) is 0 Å². The highest BCUT2D eigenvalue weighted by molar-refractivity contribution is 14.1. The first-order valence-electron chi connectivity index (χ1n) is 8.89. The van der Waals surface area contributed by atoms with Crippen molar-refractivity contribution in [2.75, 3.05) is 13.7 Å². The Balaban J connectivity index is 3.65. The molecular weight excluding hydrogens is 767 g/mol. The molecule has 2 amide bonds. The van der Waals surface area contributed by atoms with Crippen molar-refractivity contribution in [3.05, 3.63) is 28.4 Å². The molecule has 0 heterocycles. The molecule has 0 saturated carbocycles. The molecule has 0 aromatic heterocycles. The highest BCUT2D eigenvalue weighted by atomic mass is 127. The number of aliphatic hydroxyl groups excluding tert-OH is 3. The second-order valence-electron chi connectivity index (χ2n) is 6.78. The van der Waals surface area contributed by atoms with Crippen LogP contribution in [-0.2, 0) is 14.4 Å². The molecule has 0 aliphatic carbocycles. The first kappa shape index (κ1) is 29.5. The lowest BCUT2D eigenvalue weighted by molar-refractivity contribution is -0.181. The van der Waals surface area contributed by atoms with Gasteiger partial charge in [-0.3, -0.25) is 24.2 Å². The van der Waals surface area contributed by atoms with Crippen LogP contribution in [0.15, 0.2) is 12.1 Å². The van der Waals surface area contributed by atoms with E-state index in [1.54, 1.807) is 12.1 Å². The lowest BCUT2D eigenvalue weighted by atomic mass is 9.88. The van der Waals surface area contributed by atoms with Gasteiger partial charge in [0.1, 0.15) is 18.2 Å². The highest BCUT2D eigenvalue weighted by Gasteiger charge is 2.53. The van der Waals surface area contributed by atoms with Gasteiger partial charge in [0.15, 0.2) is 5.72 Å². The standard InChI is InChI=1S/C18H22I3N3O8/c1-7(26)22-18(32,17(31)12(28)6-25)16(23-24(3)8(2)27)15(30)14(29)13-10(20)4-9(19)5-11(13)21/h4-5,12,16-17,23,25,28,31-32H,6H2,1-3H3,(H,22,26)/t12-,16+,17-,18-/m1/s1. The third-order valence-electron chi connectivity index (χ3n) is 4.33. The minimum atomic E-state index is -2.98. The number of amides is 2. The molecule has 0 fully saturated rings. The fourth-order valence-corrected chi connectivity index (χ4v) is 6.72. The number of carbonyl (C=O) groups excluding carboxylic acids is 4. The quantitative estimate of drug-likeness (QED) is 0.0580. The summed E-state index contributed by atoms with van der Waals surface area (Å²) in [6, 6.07) is 1.19. The van der Waals surface area contributed by atoms with E-state index in [0.717, 1.165) is 22.4 Å². The zero-order valence-corrected chi connectivity index (χ0v) is 23.6. The summed E-state index contributed by atoms with van der Waals surface area (Å²) in [4.78, 5) is 50.0. The third-order valence-corrected chi connectivity index (χ3v) is 6.66. The van der Waals surface area contributed by atoms with E-state index >= 15 is 0 Å². The van der Waals surface area contributed by atoms with Crippen LogP contribution in [0.25, 0.3) is 0 Å². The van der Waals surface area contributed by atoms with Gasteiger partial charge in [-0.25, -0.2) is 5.43 Å². The molecule has 0 radical (unpaired) electrons. The van der Waals surface area contributed by atoms with Crippen LogP contribution in [0.1, 0.15) is 24.2 Å². The summed E-state index contributed by atoms with van der Waals surface area (Å²) >= 11 is 5.77. The number of nitrogens with zero attached hydrogens (tertiary/aromatic N) is 1. The molecule has 0 unspecified atom stereocenters. The number of rotatable bonds is 10. The van der Waals surface area contributed by atoms with Gasteiger partial charge in [0, 0.05) is 31.6 Å². The van der Waals surface area contributed by atoms with E-state index in [1.807, 2.05) is 73.1 Å².